The fourth-order valence-electron chi connectivity index (χ4n) is 1.49. The molecule has 0 aliphatic rings. The predicted molar refractivity (Wildman–Crippen MR) is 53.8 cm³/mol. The Hall–Kier alpha value is -1.91. The first-order valence-corrected chi connectivity index (χ1v) is 4.54. The highest BCUT2D eigenvalue weighted by Crippen LogP contribution is 2.11. The topological polar surface area (TPSA) is 56.5 Å². The van der Waals surface area contributed by atoms with E-state index < -0.39 is 0 Å². The molecule has 5 nitrogen and oxygen atoms in total. The quantitative estimate of drug-likeness (QED) is 0.655. The SMILES string of the molecule is COC(=O)c1cc(C)c2nc(C)nn2c1. The van der Waals surface area contributed by atoms with Gasteiger partial charge >= 0.3 is 5.97 Å². The molecule has 0 aliphatic heterocycles. The highest BCUT2D eigenvalue weighted by molar-refractivity contribution is 5.89. The molecule has 0 unspecified atom stereocenters. The van der Waals surface area contributed by atoms with E-state index in [0.717, 1.165) is 11.2 Å². The van der Waals surface area contributed by atoms with Crippen molar-refractivity contribution < 1.29 is 9.53 Å². The van der Waals surface area contributed by atoms with Crippen molar-refractivity contribution in [3.05, 3.63) is 29.2 Å². The van der Waals surface area contributed by atoms with Crippen molar-refractivity contribution in [2.75, 3.05) is 7.11 Å². The molecular weight excluding hydrogens is 194 g/mol. The van der Waals surface area contributed by atoms with Gasteiger partial charge in [-0.15, -0.1) is 0 Å². The Morgan fingerprint density at radius 2 is 2.20 bits per heavy atom. The zero-order chi connectivity index (χ0) is 11.0. The molecule has 2 aromatic rings. The molecule has 0 N–H and O–H groups in total. The van der Waals surface area contributed by atoms with Gasteiger partial charge in [0.1, 0.15) is 5.82 Å². The second-order valence-electron chi connectivity index (χ2n) is 3.33. The highest BCUT2D eigenvalue weighted by Gasteiger charge is 2.10. The molecule has 5 heteroatoms. The number of pyridine rings is 1. The van der Waals surface area contributed by atoms with Gasteiger partial charge in [-0.3, -0.25) is 0 Å². The van der Waals surface area contributed by atoms with Gasteiger partial charge < -0.3 is 4.74 Å². The predicted octanol–water partition coefficient (Wildman–Crippen LogP) is 1.13. The fourth-order valence-corrected chi connectivity index (χ4v) is 1.49. The molecule has 0 radical (unpaired) electrons. The monoisotopic (exact) mass is 205 g/mol. The number of rotatable bonds is 1. The lowest BCUT2D eigenvalue weighted by Crippen LogP contribution is -2.04. The van der Waals surface area contributed by atoms with E-state index in [9.17, 15) is 4.79 Å². The van der Waals surface area contributed by atoms with E-state index in [4.69, 9.17) is 0 Å². The standard InChI is InChI=1S/C10H11N3O2/c1-6-4-8(10(14)15-3)5-13-9(6)11-7(2)12-13/h4-5H,1-3H3. The lowest BCUT2D eigenvalue weighted by molar-refractivity contribution is 0.0600. The molecular formula is C10H11N3O2. The van der Waals surface area contributed by atoms with Crippen LogP contribution in [0.3, 0.4) is 0 Å². The summed E-state index contributed by atoms with van der Waals surface area (Å²) in [5.41, 5.74) is 2.14. The van der Waals surface area contributed by atoms with Crippen molar-refractivity contribution >= 4 is 11.6 Å². The number of hydrogen-bond donors (Lipinski definition) is 0. The van der Waals surface area contributed by atoms with Crippen LogP contribution in [0.25, 0.3) is 5.65 Å². The molecule has 0 fully saturated rings. The number of esters is 1. The Kier molecular flexibility index (Phi) is 2.15. The minimum Gasteiger partial charge on any atom is -0.465 e. The van der Waals surface area contributed by atoms with Crippen molar-refractivity contribution in [2.45, 2.75) is 13.8 Å². The maximum Gasteiger partial charge on any atom is 0.339 e. The first-order chi connectivity index (χ1) is 7.11. The minimum atomic E-state index is -0.367. The lowest BCUT2D eigenvalue weighted by atomic mass is 10.2. The van der Waals surface area contributed by atoms with Crippen molar-refractivity contribution in [3.63, 3.8) is 0 Å². The summed E-state index contributed by atoms with van der Waals surface area (Å²) in [6.45, 7) is 3.69. The van der Waals surface area contributed by atoms with Crippen LogP contribution in [0.15, 0.2) is 12.3 Å². The molecule has 0 saturated heterocycles. The van der Waals surface area contributed by atoms with Gasteiger partial charge in [0.15, 0.2) is 5.65 Å². The number of carbonyl (C=O) groups excluding carboxylic acids is 1. The van der Waals surface area contributed by atoms with Crippen molar-refractivity contribution in [1.29, 1.82) is 0 Å². The van der Waals surface area contributed by atoms with Gasteiger partial charge in [-0.05, 0) is 25.5 Å². The molecule has 15 heavy (non-hydrogen) atoms. The number of aryl methyl sites for hydroxylation is 2. The fraction of sp³-hybridized carbons (Fsp3) is 0.300. The van der Waals surface area contributed by atoms with Gasteiger partial charge in [0.05, 0.1) is 12.7 Å². The molecule has 0 aromatic carbocycles. The zero-order valence-electron chi connectivity index (χ0n) is 8.81. The first kappa shape index (κ1) is 9.64. The van der Waals surface area contributed by atoms with Crippen LogP contribution in [-0.2, 0) is 4.74 Å². The normalized spacial score (nSPS) is 10.6. The maximum atomic E-state index is 11.3. The van der Waals surface area contributed by atoms with E-state index in [1.807, 2.05) is 13.8 Å². The van der Waals surface area contributed by atoms with E-state index in [-0.39, 0.29) is 5.97 Å². The number of ether oxygens (including phenoxy) is 1. The van der Waals surface area contributed by atoms with E-state index in [0.29, 0.717) is 11.4 Å². The first-order valence-electron chi connectivity index (χ1n) is 4.54. The van der Waals surface area contributed by atoms with Crippen molar-refractivity contribution in [1.82, 2.24) is 14.6 Å². The number of aromatic nitrogens is 3. The number of nitrogens with zero attached hydrogens (tertiary/aromatic N) is 3. The number of methoxy groups -OCH3 is 1. The van der Waals surface area contributed by atoms with Gasteiger partial charge in [0.25, 0.3) is 0 Å². The molecule has 0 aliphatic carbocycles. The molecule has 2 heterocycles. The Morgan fingerprint density at radius 3 is 2.87 bits per heavy atom. The molecule has 2 aromatic heterocycles. The molecule has 78 valence electrons. The third kappa shape index (κ3) is 1.56. The third-order valence-electron chi connectivity index (χ3n) is 2.14. The van der Waals surface area contributed by atoms with Crippen LogP contribution in [0.4, 0.5) is 0 Å². The lowest BCUT2D eigenvalue weighted by Gasteiger charge is -2.01. The van der Waals surface area contributed by atoms with Gasteiger partial charge in [-0.2, -0.15) is 5.10 Å². The van der Waals surface area contributed by atoms with Crippen LogP contribution >= 0.6 is 0 Å². The molecule has 0 amide bonds. The Morgan fingerprint density at radius 1 is 1.47 bits per heavy atom. The van der Waals surface area contributed by atoms with Crippen molar-refractivity contribution in [3.8, 4) is 0 Å². The van der Waals surface area contributed by atoms with Crippen LogP contribution in [0.1, 0.15) is 21.7 Å². The Bertz CT molecular complexity index is 531. The smallest absolute Gasteiger partial charge is 0.339 e. The van der Waals surface area contributed by atoms with Crippen LogP contribution in [-0.4, -0.2) is 27.7 Å². The van der Waals surface area contributed by atoms with Crippen LogP contribution in [0, 0.1) is 13.8 Å². The molecule has 2 rings (SSSR count). The Balaban J connectivity index is 2.66. The number of hydrogen-bond acceptors (Lipinski definition) is 4. The summed E-state index contributed by atoms with van der Waals surface area (Å²) in [5, 5.41) is 4.15. The van der Waals surface area contributed by atoms with Gasteiger partial charge in [0, 0.05) is 6.20 Å². The van der Waals surface area contributed by atoms with E-state index in [1.165, 1.54) is 7.11 Å². The summed E-state index contributed by atoms with van der Waals surface area (Å²) < 4.78 is 6.24. The van der Waals surface area contributed by atoms with E-state index >= 15 is 0 Å². The summed E-state index contributed by atoms with van der Waals surface area (Å²) >= 11 is 0. The van der Waals surface area contributed by atoms with Gasteiger partial charge in [0.2, 0.25) is 0 Å². The second kappa shape index (κ2) is 3.34. The third-order valence-corrected chi connectivity index (χ3v) is 2.14. The van der Waals surface area contributed by atoms with Crippen LogP contribution in [0.5, 0.6) is 0 Å². The summed E-state index contributed by atoms with van der Waals surface area (Å²) in [5.74, 6) is 0.313. The van der Waals surface area contributed by atoms with Gasteiger partial charge in [-0.1, -0.05) is 0 Å². The largest absolute Gasteiger partial charge is 0.465 e. The Labute approximate surface area is 86.7 Å². The zero-order valence-corrected chi connectivity index (χ0v) is 8.81. The average molecular weight is 205 g/mol. The summed E-state index contributed by atoms with van der Waals surface area (Å²) in [7, 11) is 1.36. The van der Waals surface area contributed by atoms with E-state index in [2.05, 4.69) is 14.8 Å². The molecule has 0 saturated carbocycles. The number of fused-ring (bicyclic) bond motifs is 1. The maximum absolute atomic E-state index is 11.3. The summed E-state index contributed by atoms with van der Waals surface area (Å²) in [6.07, 6.45) is 1.62. The number of carbonyl (C=O) groups is 1. The molecule has 0 atom stereocenters. The van der Waals surface area contributed by atoms with Crippen LogP contribution in [0.2, 0.25) is 0 Å². The molecule has 0 spiro atoms. The average Bonchev–Trinajstić information content (AvgIpc) is 2.58. The van der Waals surface area contributed by atoms with Crippen molar-refractivity contribution in [2.24, 2.45) is 0 Å². The summed E-state index contributed by atoms with van der Waals surface area (Å²) in [4.78, 5) is 15.6. The minimum absolute atomic E-state index is 0.367. The summed E-state index contributed by atoms with van der Waals surface area (Å²) in [6, 6.07) is 1.75. The van der Waals surface area contributed by atoms with Gasteiger partial charge in [-0.25, -0.2) is 14.3 Å². The molecule has 0 bridgehead atoms. The second-order valence-corrected chi connectivity index (χ2v) is 3.33. The van der Waals surface area contributed by atoms with E-state index in [1.54, 1.807) is 16.8 Å². The highest BCUT2D eigenvalue weighted by atomic mass is 16.5. The van der Waals surface area contributed by atoms with Crippen LogP contribution < -0.4 is 0 Å².